The monoisotopic (exact) mass is 280 g/mol. The number of rotatable bonds is 3. The molecule has 0 N–H and O–H groups in total. The molecular formula is C14H13ClO4. The molecule has 2 rings (SSSR count). The summed E-state index contributed by atoms with van der Waals surface area (Å²) in [5.74, 6) is -0.814. The zero-order valence-electron chi connectivity index (χ0n) is 10.4. The first-order chi connectivity index (χ1) is 9.06. The number of ether oxygens (including phenoxy) is 2. The highest BCUT2D eigenvalue weighted by atomic mass is 35.5. The van der Waals surface area contributed by atoms with Crippen molar-refractivity contribution in [2.24, 2.45) is 0 Å². The lowest BCUT2D eigenvalue weighted by Crippen LogP contribution is -2.28. The van der Waals surface area contributed by atoms with Crippen LogP contribution in [0.2, 0.25) is 5.02 Å². The largest absolute Gasteiger partial charge is 0.462 e. The molecule has 0 bridgehead atoms. The van der Waals surface area contributed by atoms with Crippen LogP contribution in [0.3, 0.4) is 0 Å². The summed E-state index contributed by atoms with van der Waals surface area (Å²) in [7, 11) is 0. The molecule has 4 nitrogen and oxygen atoms in total. The summed E-state index contributed by atoms with van der Waals surface area (Å²) in [6.45, 7) is 1.40. The zero-order chi connectivity index (χ0) is 13.8. The van der Waals surface area contributed by atoms with Gasteiger partial charge in [0.15, 0.2) is 0 Å². The highest BCUT2D eigenvalue weighted by Gasteiger charge is 2.24. The summed E-state index contributed by atoms with van der Waals surface area (Å²) in [4.78, 5) is 22.6. The lowest BCUT2D eigenvalue weighted by atomic mass is 10.0. The van der Waals surface area contributed by atoms with Gasteiger partial charge in [0.25, 0.3) is 0 Å². The third-order valence-electron chi connectivity index (χ3n) is 2.69. The van der Waals surface area contributed by atoms with Crippen LogP contribution in [0.1, 0.15) is 18.9 Å². The fraction of sp³-hybridized carbons (Fsp3) is 0.286. The average Bonchev–Trinajstić information content (AvgIpc) is 2.36. The molecule has 1 aliphatic rings. The summed E-state index contributed by atoms with van der Waals surface area (Å²) in [6, 6.07) is 7.02. The second kappa shape index (κ2) is 5.89. The maximum absolute atomic E-state index is 11.9. The molecule has 1 aromatic carbocycles. The summed E-state index contributed by atoms with van der Waals surface area (Å²) in [6.07, 6.45) is 1.88. The first-order valence-corrected chi connectivity index (χ1v) is 6.24. The maximum Gasteiger partial charge on any atom is 0.338 e. The summed E-state index contributed by atoms with van der Waals surface area (Å²) in [5, 5.41) is 0.563. The maximum atomic E-state index is 11.9. The van der Waals surface area contributed by atoms with Crippen molar-refractivity contribution in [3.63, 3.8) is 0 Å². The van der Waals surface area contributed by atoms with Crippen LogP contribution in [0.4, 0.5) is 0 Å². The first kappa shape index (κ1) is 13.6. The number of halogens is 1. The van der Waals surface area contributed by atoms with E-state index in [1.54, 1.807) is 30.3 Å². The highest BCUT2D eigenvalue weighted by molar-refractivity contribution is 6.31. The molecule has 0 aliphatic carbocycles. The van der Waals surface area contributed by atoms with E-state index in [1.807, 2.05) is 0 Å². The van der Waals surface area contributed by atoms with Crippen molar-refractivity contribution in [1.29, 1.82) is 0 Å². The summed E-state index contributed by atoms with van der Waals surface area (Å²) >= 11 is 5.89. The van der Waals surface area contributed by atoms with Crippen molar-refractivity contribution >= 4 is 29.1 Å². The number of hydrogen-bond acceptors (Lipinski definition) is 4. The van der Waals surface area contributed by atoms with Crippen LogP contribution in [-0.2, 0) is 19.1 Å². The van der Waals surface area contributed by atoms with Crippen LogP contribution in [0.25, 0.3) is 5.57 Å². The van der Waals surface area contributed by atoms with Gasteiger partial charge in [-0.25, -0.2) is 4.79 Å². The predicted molar refractivity (Wildman–Crippen MR) is 70.6 cm³/mol. The van der Waals surface area contributed by atoms with Gasteiger partial charge in [-0.2, -0.15) is 0 Å². The minimum atomic E-state index is -0.425. The number of benzene rings is 1. The summed E-state index contributed by atoms with van der Waals surface area (Å²) < 4.78 is 10.0. The molecule has 1 atom stereocenters. The molecule has 19 heavy (non-hydrogen) atoms. The van der Waals surface area contributed by atoms with Gasteiger partial charge in [-0.3, -0.25) is 4.79 Å². The third-order valence-corrected chi connectivity index (χ3v) is 2.92. The molecule has 1 aliphatic heterocycles. The molecule has 1 aromatic rings. The Kier molecular flexibility index (Phi) is 4.22. The second-order valence-corrected chi connectivity index (χ2v) is 4.63. The average molecular weight is 281 g/mol. The number of carbonyl (C=O) groups is 2. The quantitative estimate of drug-likeness (QED) is 0.799. The van der Waals surface area contributed by atoms with Crippen LogP contribution in [0.5, 0.6) is 0 Å². The normalized spacial score (nSPS) is 18.5. The van der Waals surface area contributed by atoms with Crippen molar-refractivity contribution in [3.8, 4) is 0 Å². The number of cyclic esters (lactones) is 1. The zero-order valence-corrected chi connectivity index (χ0v) is 11.1. The van der Waals surface area contributed by atoms with Crippen LogP contribution in [-0.4, -0.2) is 24.6 Å². The second-order valence-electron chi connectivity index (χ2n) is 4.19. The Morgan fingerprint density at radius 1 is 1.53 bits per heavy atom. The van der Waals surface area contributed by atoms with E-state index in [1.165, 1.54) is 6.92 Å². The third kappa shape index (κ3) is 3.58. The Morgan fingerprint density at radius 3 is 2.95 bits per heavy atom. The number of carbonyl (C=O) groups excluding carboxylic acids is 2. The lowest BCUT2D eigenvalue weighted by molar-refractivity contribution is -0.154. The smallest absolute Gasteiger partial charge is 0.338 e. The fourth-order valence-corrected chi connectivity index (χ4v) is 1.99. The Balaban J connectivity index is 2.08. The van der Waals surface area contributed by atoms with Gasteiger partial charge < -0.3 is 9.47 Å². The van der Waals surface area contributed by atoms with E-state index in [-0.39, 0.29) is 12.6 Å². The summed E-state index contributed by atoms with van der Waals surface area (Å²) in [5.41, 5.74) is 1.21. The standard InChI is InChI=1S/C14H13ClO4/c1-9(16)18-8-12-5-6-13(14(17)19-12)10-3-2-4-11(15)7-10/h2-4,6-7,12H,5,8H2,1H3. The highest BCUT2D eigenvalue weighted by Crippen LogP contribution is 2.25. The van der Waals surface area contributed by atoms with Gasteiger partial charge in [0, 0.05) is 18.4 Å². The Bertz CT molecular complexity index is 536. The van der Waals surface area contributed by atoms with Crippen LogP contribution in [0.15, 0.2) is 30.3 Å². The molecule has 5 heteroatoms. The van der Waals surface area contributed by atoms with Crippen LogP contribution >= 0.6 is 11.6 Å². The molecule has 0 radical (unpaired) electrons. The molecular weight excluding hydrogens is 268 g/mol. The molecule has 0 amide bonds. The van der Waals surface area contributed by atoms with Gasteiger partial charge in [-0.15, -0.1) is 0 Å². The minimum absolute atomic E-state index is 0.0837. The minimum Gasteiger partial charge on any atom is -0.462 e. The van der Waals surface area contributed by atoms with Gasteiger partial charge in [-0.1, -0.05) is 29.8 Å². The van der Waals surface area contributed by atoms with E-state index in [0.29, 0.717) is 17.0 Å². The van der Waals surface area contributed by atoms with E-state index in [9.17, 15) is 9.59 Å². The fourth-order valence-electron chi connectivity index (χ4n) is 1.80. The predicted octanol–water partition coefficient (Wildman–Crippen LogP) is 2.60. The first-order valence-electron chi connectivity index (χ1n) is 5.86. The molecule has 0 aromatic heterocycles. The van der Waals surface area contributed by atoms with Crippen LogP contribution in [0, 0.1) is 0 Å². The van der Waals surface area contributed by atoms with Crippen LogP contribution < -0.4 is 0 Å². The van der Waals surface area contributed by atoms with Crippen molar-refractivity contribution in [2.75, 3.05) is 6.61 Å². The van der Waals surface area contributed by atoms with Gasteiger partial charge in [0.2, 0.25) is 0 Å². The van der Waals surface area contributed by atoms with Crippen molar-refractivity contribution in [3.05, 3.63) is 40.9 Å². The Hall–Kier alpha value is -1.81. The lowest BCUT2D eigenvalue weighted by Gasteiger charge is -2.22. The van der Waals surface area contributed by atoms with E-state index >= 15 is 0 Å². The van der Waals surface area contributed by atoms with Crippen molar-refractivity contribution in [2.45, 2.75) is 19.4 Å². The SMILES string of the molecule is CC(=O)OCC1CC=C(c2cccc(Cl)c2)C(=O)O1. The van der Waals surface area contributed by atoms with E-state index in [2.05, 4.69) is 0 Å². The molecule has 0 saturated carbocycles. The molecule has 0 spiro atoms. The van der Waals surface area contributed by atoms with Gasteiger partial charge in [0.1, 0.15) is 12.7 Å². The molecule has 0 saturated heterocycles. The molecule has 1 unspecified atom stereocenters. The van der Waals surface area contributed by atoms with E-state index in [4.69, 9.17) is 21.1 Å². The Morgan fingerprint density at radius 2 is 2.32 bits per heavy atom. The van der Waals surface area contributed by atoms with E-state index in [0.717, 1.165) is 5.56 Å². The van der Waals surface area contributed by atoms with Crippen molar-refractivity contribution < 1.29 is 19.1 Å². The molecule has 0 fully saturated rings. The van der Waals surface area contributed by atoms with Crippen molar-refractivity contribution in [1.82, 2.24) is 0 Å². The topological polar surface area (TPSA) is 52.6 Å². The number of hydrogen-bond donors (Lipinski definition) is 0. The van der Waals surface area contributed by atoms with Gasteiger partial charge in [0.05, 0.1) is 5.57 Å². The van der Waals surface area contributed by atoms with Gasteiger partial charge >= 0.3 is 11.9 Å². The Labute approximate surface area is 116 Å². The van der Waals surface area contributed by atoms with Gasteiger partial charge in [-0.05, 0) is 17.7 Å². The molecule has 100 valence electrons. The molecule has 1 heterocycles. The van der Waals surface area contributed by atoms with E-state index < -0.39 is 12.1 Å². The number of esters is 2.